The molecule has 3 heterocycles. The van der Waals surface area contributed by atoms with Gasteiger partial charge in [0.2, 0.25) is 0 Å². The zero-order valence-electron chi connectivity index (χ0n) is 17.5. The van der Waals surface area contributed by atoms with Gasteiger partial charge in [-0.2, -0.15) is 0 Å². The summed E-state index contributed by atoms with van der Waals surface area (Å²) in [6.07, 6.45) is 7.10. The number of carbonyl (C=O) groups is 1. The van der Waals surface area contributed by atoms with Crippen LogP contribution < -0.4 is 5.32 Å². The van der Waals surface area contributed by atoms with Crippen molar-refractivity contribution < 1.29 is 9.18 Å². The van der Waals surface area contributed by atoms with E-state index in [0.29, 0.717) is 34.6 Å². The third-order valence-electron chi connectivity index (χ3n) is 6.12. The summed E-state index contributed by atoms with van der Waals surface area (Å²) in [5.74, 6) is 0.468. The van der Waals surface area contributed by atoms with Crippen molar-refractivity contribution >= 4 is 23.2 Å². The van der Waals surface area contributed by atoms with Crippen LogP contribution in [0.25, 0.3) is 0 Å². The van der Waals surface area contributed by atoms with Crippen molar-refractivity contribution in [2.75, 3.05) is 5.32 Å². The Morgan fingerprint density at radius 3 is 2.94 bits per heavy atom. The van der Waals surface area contributed by atoms with Crippen molar-refractivity contribution in [2.45, 2.75) is 45.4 Å². The Morgan fingerprint density at radius 2 is 2.19 bits per heavy atom. The number of pyridine rings is 1. The number of carbonyl (C=O) groups excluding carboxylic acids is 1. The van der Waals surface area contributed by atoms with Crippen LogP contribution in [-0.2, 0) is 6.54 Å². The fourth-order valence-electron chi connectivity index (χ4n) is 4.32. The van der Waals surface area contributed by atoms with E-state index >= 15 is 0 Å². The molecule has 0 bridgehead atoms. The molecule has 0 spiro atoms. The summed E-state index contributed by atoms with van der Waals surface area (Å²) in [6, 6.07) is 6.81. The summed E-state index contributed by atoms with van der Waals surface area (Å²) in [5, 5.41) is 3.61. The van der Waals surface area contributed by atoms with Crippen LogP contribution in [0.4, 0.5) is 10.2 Å². The van der Waals surface area contributed by atoms with Crippen molar-refractivity contribution in [1.29, 1.82) is 0 Å². The third kappa shape index (κ3) is 4.61. The number of nitrogens with one attached hydrogen (secondary N) is 1. The predicted octanol–water partition coefficient (Wildman–Crippen LogP) is 4.79. The third-order valence-corrected chi connectivity index (χ3v) is 6.33. The van der Waals surface area contributed by atoms with Gasteiger partial charge in [0.05, 0.1) is 23.8 Å². The Labute approximate surface area is 185 Å². The van der Waals surface area contributed by atoms with Crippen LogP contribution in [0, 0.1) is 11.8 Å². The molecule has 0 aromatic carbocycles. The first-order valence-electron chi connectivity index (χ1n) is 10.5. The van der Waals surface area contributed by atoms with Crippen molar-refractivity contribution in [2.24, 2.45) is 11.8 Å². The molecule has 3 aromatic heterocycles. The van der Waals surface area contributed by atoms with E-state index in [4.69, 9.17) is 11.6 Å². The molecule has 8 heteroatoms. The Bertz CT molecular complexity index is 1070. The smallest absolute Gasteiger partial charge is 0.199 e. The number of nitrogens with zero attached hydrogens (tertiary/aromatic N) is 4. The van der Waals surface area contributed by atoms with Gasteiger partial charge in [0.15, 0.2) is 5.78 Å². The first-order chi connectivity index (χ1) is 15.0. The van der Waals surface area contributed by atoms with Crippen LogP contribution in [0.15, 0.2) is 49.2 Å². The fourth-order valence-corrected chi connectivity index (χ4v) is 4.50. The second kappa shape index (κ2) is 9.14. The molecule has 0 radical (unpaired) electrons. The maximum absolute atomic E-state index is 14.8. The molecule has 4 atom stereocenters. The molecule has 162 valence electrons. The van der Waals surface area contributed by atoms with E-state index in [1.54, 1.807) is 18.3 Å². The van der Waals surface area contributed by atoms with Gasteiger partial charge in [-0.15, -0.1) is 0 Å². The van der Waals surface area contributed by atoms with Gasteiger partial charge in [0, 0.05) is 24.2 Å². The highest BCUT2D eigenvalue weighted by Gasteiger charge is 2.40. The zero-order chi connectivity index (χ0) is 22.0. The van der Waals surface area contributed by atoms with Gasteiger partial charge < -0.3 is 9.88 Å². The van der Waals surface area contributed by atoms with E-state index < -0.39 is 6.17 Å². The molecule has 1 N–H and O–H groups in total. The quantitative estimate of drug-likeness (QED) is 0.421. The molecule has 6 nitrogen and oxygen atoms in total. The van der Waals surface area contributed by atoms with Gasteiger partial charge in [0.1, 0.15) is 23.5 Å². The van der Waals surface area contributed by atoms with Crippen molar-refractivity contribution in [3.8, 4) is 0 Å². The van der Waals surface area contributed by atoms with Gasteiger partial charge in [-0.1, -0.05) is 37.9 Å². The van der Waals surface area contributed by atoms with Gasteiger partial charge in [-0.3, -0.25) is 4.79 Å². The minimum atomic E-state index is -0.978. The lowest BCUT2D eigenvalue weighted by Crippen LogP contribution is -2.29. The molecular formula is C23H25ClFN5O. The maximum Gasteiger partial charge on any atom is 0.199 e. The molecule has 0 saturated heterocycles. The minimum Gasteiger partial charge on any atom is -0.364 e. The highest BCUT2D eigenvalue weighted by molar-refractivity contribution is 6.29. The van der Waals surface area contributed by atoms with E-state index in [0.717, 1.165) is 18.5 Å². The van der Waals surface area contributed by atoms with Gasteiger partial charge >= 0.3 is 0 Å². The van der Waals surface area contributed by atoms with Crippen LogP contribution >= 0.6 is 11.6 Å². The highest BCUT2D eigenvalue weighted by Crippen LogP contribution is 2.38. The number of rotatable bonds is 7. The van der Waals surface area contributed by atoms with E-state index in [1.165, 1.54) is 12.5 Å². The molecule has 1 fully saturated rings. The van der Waals surface area contributed by atoms with Crippen LogP contribution in [0.2, 0.25) is 5.15 Å². The van der Waals surface area contributed by atoms with Crippen LogP contribution in [0.3, 0.4) is 0 Å². The Kier molecular flexibility index (Phi) is 6.32. The number of hydrogen-bond donors (Lipinski definition) is 1. The van der Waals surface area contributed by atoms with E-state index in [9.17, 15) is 9.18 Å². The summed E-state index contributed by atoms with van der Waals surface area (Å²) < 4.78 is 16.7. The first-order valence-corrected chi connectivity index (χ1v) is 10.9. The van der Waals surface area contributed by atoms with Gasteiger partial charge in [-0.25, -0.2) is 19.3 Å². The molecule has 1 saturated carbocycles. The average Bonchev–Trinajstić information content (AvgIpc) is 3.33. The van der Waals surface area contributed by atoms with Gasteiger partial charge in [-0.05, 0) is 36.5 Å². The van der Waals surface area contributed by atoms with Crippen LogP contribution in [0.1, 0.15) is 48.3 Å². The molecule has 4 rings (SSSR count). The zero-order valence-corrected chi connectivity index (χ0v) is 18.3. The number of hydrogen-bond acceptors (Lipinski definition) is 5. The molecule has 31 heavy (non-hydrogen) atoms. The molecule has 0 aliphatic heterocycles. The van der Waals surface area contributed by atoms with Crippen molar-refractivity contribution in [3.05, 3.63) is 71.2 Å². The first kappa shape index (κ1) is 21.4. The lowest BCUT2D eigenvalue weighted by Gasteiger charge is -2.18. The lowest BCUT2D eigenvalue weighted by atomic mass is 9.95. The maximum atomic E-state index is 14.8. The topological polar surface area (TPSA) is 72.7 Å². The second-order valence-electron chi connectivity index (χ2n) is 8.10. The summed E-state index contributed by atoms with van der Waals surface area (Å²) in [7, 11) is 0. The number of alkyl halides is 1. The van der Waals surface area contributed by atoms with Crippen molar-refractivity contribution in [1.82, 2.24) is 19.5 Å². The minimum absolute atomic E-state index is 0.0161. The summed E-state index contributed by atoms with van der Waals surface area (Å²) in [6.45, 7) is 4.52. The van der Waals surface area contributed by atoms with Crippen LogP contribution in [-0.4, -0.2) is 37.5 Å². The summed E-state index contributed by atoms with van der Waals surface area (Å²) >= 11 is 5.95. The Hall–Kier alpha value is -2.80. The molecule has 3 aromatic rings. The Balaban J connectivity index is 1.52. The Morgan fingerprint density at radius 1 is 1.35 bits per heavy atom. The molecule has 0 amide bonds. The van der Waals surface area contributed by atoms with E-state index in [-0.39, 0.29) is 17.7 Å². The number of ketones is 1. The number of anilines is 1. The normalized spacial score (nSPS) is 23.1. The number of aromatic nitrogens is 4. The lowest BCUT2D eigenvalue weighted by molar-refractivity contribution is 0.103. The van der Waals surface area contributed by atoms with E-state index in [1.807, 2.05) is 29.8 Å². The monoisotopic (exact) mass is 441 g/mol. The SMILES string of the molecule is CC[C@H]1C[C@@H](Nc2ncncc2C(=O)c2ccn(Cc3cccc(Cl)n3)c2)[C@@H](F)[C@@H]1C. The average molecular weight is 442 g/mol. The molecule has 0 unspecified atom stereocenters. The largest absolute Gasteiger partial charge is 0.364 e. The summed E-state index contributed by atoms with van der Waals surface area (Å²) in [4.78, 5) is 25.7. The predicted molar refractivity (Wildman–Crippen MR) is 118 cm³/mol. The molecule has 1 aliphatic carbocycles. The van der Waals surface area contributed by atoms with Crippen molar-refractivity contribution in [3.63, 3.8) is 0 Å². The highest BCUT2D eigenvalue weighted by atomic mass is 35.5. The molecular weight excluding hydrogens is 417 g/mol. The standard InChI is InChI=1S/C23H25ClFN5O/c1-3-15-9-19(21(25)14(15)2)29-23-18(10-26-13-27-23)22(31)16-7-8-30(11-16)12-17-5-4-6-20(24)28-17/h4-8,10-11,13-15,19,21H,3,9,12H2,1-2H3,(H,26,27,29)/t14-,15+,19-,21+/m1/s1. The molecule has 1 aliphatic rings. The number of halogens is 2. The summed E-state index contributed by atoms with van der Waals surface area (Å²) in [5.41, 5.74) is 1.63. The van der Waals surface area contributed by atoms with Gasteiger partial charge in [0.25, 0.3) is 0 Å². The second-order valence-corrected chi connectivity index (χ2v) is 8.48. The van der Waals surface area contributed by atoms with E-state index in [2.05, 4.69) is 27.2 Å². The fraction of sp³-hybridized carbons (Fsp3) is 0.391. The van der Waals surface area contributed by atoms with Crippen LogP contribution in [0.5, 0.6) is 0 Å².